The molecule has 1 aliphatic rings. The summed E-state index contributed by atoms with van der Waals surface area (Å²) < 4.78 is 25.7. The zero-order valence-corrected chi connectivity index (χ0v) is 21.8. The fourth-order valence-electron chi connectivity index (χ4n) is 3.48. The molecule has 1 atom stereocenters. The van der Waals surface area contributed by atoms with Gasteiger partial charge in [0, 0.05) is 10.2 Å². The minimum absolute atomic E-state index is 0.140. The zero-order chi connectivity index (χ0) is 24.8. The maximum atomic E-state index is 13.2. The maximum absolute atomic E-state index is 13.2. The first kappa shape index (κ1) is 25.1. The molecule has 0 radical (unpaired) electrons. The molecule has 1 fully saturated rings. The lowest BCUT2D eigenvalue weighted by Gasteiger charge is -2.14. The summed E-state index contributed by atoms with van der Waals surface area (Å²) in [5.41, 5.74) is 3.60. The van der Waals surface area contributed by atoms with Crippen LogP contribution < -0.4 is 20.1 Å². The summed E-state index contributed by atoms with van der Waals surface area (Å²) >= 11 is 5.02. The smallest absolute Gasteiger partial charge is 0.260 e. The van der Waals surface area contributed by atoms with Crippen molar-refractivity contribution in [2.75, 3.05) is 11.9 Å². The number of aryl methyl sites for hydroxylation is 1. The number of ether oxygens (including phenoxy) is 2. The number of carbonyl (C=O) groups excluding carboxylic acids is 1. The van der Waals surface area contributed by atoms with Gasteiger partial charge in [0.05, 0.1) is 11.5 Å². The van der Waals surface area contributed by atoms with Gasteiger partial charge in [0.2, 0.25) is 0 Å². The Morgan fingerprint density at radius 2 is 1.71 bits per heavy atom. The number of hydrogen-bond acceptors (Lipinski definition) is 5. The number of rotatable bonds is 9. The highest BCUT2D eigenvalue weighted by Crippen LogP contribution is 2.38. The van der Waals surface area contributed by atoms with Gasteiger partial charge in [-0.05, 0) is 72.5 Å². The summed E-state index contributed by atoms with van der Waals surface area (Å²) in [6.07, 6.45) is 2.81. The number of carbonyl (C=O) groups is 1. The van der Waals surface area contributed by atoms with E-state index in [0.717, 1.165) is 27.7 Å². The first-order chi connectivity index (χ1) is 16.9. The minimum Gasteiger partial charge on any atom is -0.490 e. The highest BCUT2D eigenvalue weighted by atomic mass is 79.9. The fourth-order valence-corrected chi connectivity index (χ4v) is 4.89. The topological polar surface area (TPSA) is 59.6 Å². The summed E-state index contributed by atoms with van der Waals surface area (Å²) in [7, 11) is 0. The highest BCUT2D eigenvalue weighted by molar-refractivity contribution is 9.10. The van der Waals surface area contributed by atoms with E-state index >= 15 is 0 Å². The van der Waals surface area contributed by atoms with Crippen molar-refractivity contribution in [3.8, 4) is 11.5 Å². The molecule has 8 heteroatoms. The first-order valence-electron chi connectivity index (χ1n) is 11.3. The Morgan fingerprint density at radius 1 is 1.03 bits per heavy atom. The van der Waals surface area contributed by atoms with Crippen LogP contribution in [-0.2, 0) is 17.8 Å². The van der Waals surface area contributed by atoms with Crippen LogP contribution in [-0.4, -0.2) is 18.0 Å². The third kappa shape index (κ3) is 6.58. The van der Waals surface area contributed by atoms with Crippen molar-refractivity contribution < 1.29 is 18.7 Å². The molecule has 182 valence electrons. The van der Waals surface area contributed by atoms with E-state index in [0.29, 0.717) is 23.0 Å². The summed E-state index contributed by atoms with van der Waals surface area (Å²) in [6, 6.07) is 18.0. The van der Waals surface area contributed by atoms with Crippen molar-refractivity contribution in [3.63, 3.8) is 0 Å². The van der Waals surface area contributed by atoms with Crippen LogP contribution in [0.3, 0.4) is 0 Å². The predicted octanol–water partition coefficient (Wildman–Crippen LogP) is 6.73. The molecule has 3 aromatic carbocycles. The number of amides is 1. The molecule has 0 saturated carbocycles. The average Bonchev–Trinajstić information content (AvgIpc) is 3.20. The molecular formula is C27H26BrFN2O3S. The lowest BCUT2D eigenvalue weighted by Crippen LogP contribution is -2.30. The largest absolute Gasteiger partial charge is 0.490 e. The molecule has 0 unspecified atom stereocenters. The Bertz CT molecular complexity index is 1220. The van der Waals surface area contributed by atoms with Crippen LogP contribution in [0.5, 0.6) is 11.5 Å². The highest BCUT2D eigenvalue weighted by Gasteiger charge is 2.27. The molecule has 1 aliphatic heterocycles. The monoisotopic (exact) mass is 556 g/mol. The average molecular weight is 557 g/mol. The van der Waals surface area contributed by atoms with Crippen LogP contribution in [0.1, 0.15) is 30.5 Å². The van der Waals surface area contributed by atoms with Gasteiger partial charge >= 0.3 is 0 Å². The first-order valence-corrected chi connectivity index (χ1v) is 13.0. The molecular weight excluding hydrogens is 531 g/mol. The summed E-state index contributed by atoms with van der Waals surface area (Å²) in [6.45, 7) is 4.75. The van der Waals surface area contributed by atoms with Gasteiger partial charge in [0.15, 0.2) is 17.0 Å². The standard InChI is InChI=1S/C27H26BrFN2O3S/c1-3-17-7-11-21(12-8-17)30-27-31-26(32)25(35-27)14-19-13-23(33-4-2)24(15-22(19)28)34-16-18-5-9-20(29)10-6-18/h5-15,27,30H,3-4,16H2,1-2H3,(H,31,32)/b25-14-/t27-/m0/s1. The van der Waals surface area contributed by atoms with Gasteiger partial charge in [-0.15, -0.1) is 0 Å². The molecule has 1 heterocycles. The van der Waals surface area contributed by atoms with Gasteiger partial charge in [0.1, 0.15) is 12.4 Å². The van der Waals surface area contributed by atoms with Crippen molar-refractivity contribution in [2.24, 2.45) is 0 Å². The number of anilines is 1. The normalized spacial score (nSPS) is 16.3. The Hall–Kier alpha value is -2.97. The fraction of sp³-hybridized carbons (Fsp3) is 0.222. The van der Waals surface area contributed by atoms with Gasteiger partial charge < -0.3 is 20.1 Å². The van der Waals surface area contributed by atoms with E-state index < -0.39 is 0 Å². The van der Waals surface area contributed by atoms with Gasteiger partial charge in [0.25, 0.3) is 5.91 Å². The SMILES string of the molecule is CCOc1cc(/C=C2\S[C@@H](Nc3ccc(CC)cc3)NC2=O)c(Br)cc1OCc1ccc(F)cc1. The van der Waals surface area contributed by atoms with Gasteiger partial charge in [-0.25, -0.2) is 4.39 Å². The summed E-state index contributed by atoms with van der Waals surface area (Å²) in [4.78, 5) is 13.2. The summed E-state index contributed by atoms with van der Waals surface area (Å²) in [5, 5.41) is 6.30. The molecule has 2 N–H and O–H groups in total. The second-order valence-corrected chi connectivity index (χ2v) is 9.84. The third-order valence-corrected chi connectivity index (χ3v) is 7.06. The molecule has 1 saturated heterocycles. The molecule has 0 bridgehead atoms. The lowest BCUT2D eigenvalue weighted by atomic mass is 10.1. The van der Waals surface area contributed by atoms with Crippen LogP contribution in [0.2, 0.25) is 0 Å². The van der Waals surface area contributed by atoms with E-state index in [1.165, 1.54) is 29.5 Å². The molecule has 0 aromatic heterocycles. The summed E-state index contributed by atoms with van der Waals surface area (Å²) in [5.74, 6) is 0.700. The van der Waals surface area contributed by atoms with Crippen molar-refractivity contribution >= 4 is 45.4 Å². The molecule has 0 spiro atoms. The number of thioether (sulfide) groups is 1. The van der Waals surface area contributed by atoms with E-state index in [9.17, 15) is 9.18 Å². The Morgan fingerprint density at radius 3 is 2.40 bits per heavy atom. The number of halogens is 2. The zero-order valence-electron chi connectivity index (χ0n) is 19.4. The third-order valence-electron chi connectivity index (χ3n) is 5.35. The van der Waals surface area contributed by atoms with Crippen LogP contribution in [0.25, 0.3) is 6.08 Å². The molecule has 3 aromatic rings. The molecule has 35 heavy (non-hydrogen) atoms. The van der Waals surface area contributed by atoms with Crippen LogP contribution in [0, 0.1) is 5.82 Å². The van der Waals surface area contributed by atoms with Gasteiger partial charge in [-0.2, -0.15) is 0 Å². The van der Waals surface area contributed by atoms with Gasteiger partial charge in [-0.1, -0.05) is 58.9 Å². The van der Waals surface area contributed by atoms with Crippen LogP contribution >= 0.6 is 27.7 Å². The molecule has 4 rings (SSSR count). The quantitative estimate of drug-likeness (QED) is 0.286. The Labute approximate surface area is 217 Å². The van der Waals surface area contributed by atoms with Crippen molar-refractivity contribution in [2.45, 2.75) is 32.4 Å². The van der Waals surface area contributed by atoms with E-state index in [4.69, 9.17) is 9.47 Å². The van der Waals surface area contributed by atoms with E-state index in [2.05, 4.69) is 45.6 Å². The molecule has 1 amide bonds. The predicted molar refractivity (Wildman–Crippen MR) is 143 cm³/mol. The van der Waals surface area contributed by atoms with Crippen LogP contribution in [0.4, 0.5) is 10.1 Å². The molecule has 0 aliphatic carbocycles. The Balaban J connectivity index is 1.49. The van der Waals surface area contributed by atoms with E-state index in [1.54, 1.807) is 12.1 Å². The van der Waals surface area contributed by atoms with E-state index in [-0.39, 0.29) is 23.8 Å². The number of hydrogen-bond donors (Lipinski definition) is 2. The maximum Gasteiger partial charge on any atom is 0.260 e. The number of nitrogens with one attached hydrogen (secondary N) is 2. The number of benzene rings is 3. The van der Waals surface area contributed by atoms with Crippen molar-refractivity contribution in [1.29, 1.82) is 0 Å². The van der Waals surface area contributed by atoms with Crippen molar-refractivity contribution in [3.05, 3.63) is 92.5 Å². The lowest BCUT2D eigenvalue weighted by molar-refractivity contribution is -0.116. The van der Waals surface area contributed by atoms with Crippen LogP contribution in [0.15, 0.2) is 70.0 Å². The van der Waals surface area contributed by atoms with Gasteiger partial charge in [-0.3, -0.25) is 4.79 Å². The second kappa shape index (κ2) is 11.6. The molecule has 5 nitrogen and oxygen atoms in total. The minimum atomic E-state index is -0.287. The Kier molecular flexibility index (Phi) is 8.36. The van der Waals surface area contributed by atoms with Crippen molar-refractivity contribution in [1.82, 2.24) is 5.32 Å². The second-order valence-electron chi connectivity index (χ2n) is 7.84. The van der Waals surface area contributed by atoms with E-state index in [1.807, 2.05) is 37.3 Å².